The highest BCUT2D eigenvalue weighted by atomic mass is 32.2. The molecule has 114 valence electrons. The minimum Gasteiger partial charge on any atom is -0.352 e. The van der Waals surface area contributed by atoms with Gasteiger partial charge in [-0.05, 0) is 32.0 Å². The maximum absolute atomic E-state index is 12.5. The van der Waals surface area contributed by atoms with Gasteiger partial charge in [-0.1, -0.05) is 0 Å². The average Bonchev–Trinajstić information content (AvgIpc) is 3.04. The molecule has 0 spiro atoms. The van der Waals surface area contributed by atoms with Gasteiger partial charge in [0.05, 0.1) is 0 Å². The Labute approximate surface area is 121 Å². The van der Waals surface area contributed by atoms with E-state index in [0.717, 1.165) is 25.3 Å². The molecule has 1 saturated heterocycles. The number of aryl methyl sites for hydroxylation is 1. The zero-order chi connectivity index (χ0) is 14.8. The zero-order valence-electron chi connectivity index (χ0n) is 12.2. The minimum absolute atomic E-state index is 0.323. The lowest BCUT2D eigenvalue weighted by Crippen LogP contribution is -2.35. The van der Waals surface area contributed by atoms with Crippen molar-refractivity contribution in [2.24, 2.45) is 12.8 Å². The van der Waals surface area contributed by atoms with E-state index in [-0.39, 0.29) is 0 Å². The molecule has 2 rings (SSSR count). The summed E-state index contributed by atoms with van der Waals surface area (Å²) in [4.78, 5) is 2.63. The maximum atomic E-state index is 12.5. The molecule has 6 nitrogen and oxygen atoms in total. The van der Waals surface area contributed by atoms with Gasteiger partial charge in [0.25, 0.3) is 0 Å². The Balaban J connectivity index is 2.03. The van der Waals surface area contributed by atoms with Gasteiger partial charge in [0.15, 0.2) is 0 Å². The molecular formula is C13H24N4O2S. The minimum atomic E-state index is -3.41. The summed E-state index contributed by atoms with van der Waals surface area (Å²) >= 11 is 0. The SMILES string of the molecule is CN(CCN1CCCC1)S(=O)(=O)c1cc(CN)n(C)c1. The maximum Gasteiger partial charge on any atom is 0.244 e. The van der Waals surface area contributed by atoms with Crippen LogP contribution in [0.15, 0.2) is 17.2 Å². The second-order valence-corrected chi connectivity index (χ2v) is 7.40. The standard InChI is InChI=1S/C13H24N4O2S/c1-15-11-13(9-12(15)10-14)20(18,19)16(2)7-8-17-5-3-4-6-17/h9,11H,3-8,10,14H2,1-2H3. The van der Waals surface area contributed by atoms with Crippen LogP contribution < -0.4 is 5.73 Å². The van der Waals surface area contributed by atoms with Gasteiger partial charge in [0.1, 0.15) is 4.90 Å². The van der Waals surface area contributed by atoms with E-state index in [1.54, 1.807) is 23.9 Å². The van der Waals surface area contributed by atoms with Gasteiger partial charge in [-0.2, -0.15) is 4.31 Å². The molecule has 1 aromatic rings. The van der Waals surface area contributed by atoms with Crippen LogP contribution in [-0.4, -0.2) is 55.4 Å². The lowest BCUT2D eigenvalue weighted by molar-refractivity contribution is 0.310. The molecule has 0 radical (unpaired) electrons. The van der Waals surface area contributed by atoms with Gasteiger partial charge in [0.2, 0.25) is 10.0 Å². The number of nitrogens with two attached hydrogens (primary N) is 1. The van der Waals surface area contributed by atoms with Crippen molar-refractivity contribution in [1.29, 1.82) is 0 Å². The number of sulfonamides is 1. The summed E-state index contributed by atoms with van der Waals surface area (Å²) in [6.45, 7) is 3.82. The molecule has 20 heavy (non-hydrogen) atoms. The quantitative estimate of drug-likeness (QED) is 0.815. The first kappa shape index (κ1) is 15.5. The Morgan fingerprint density at radius 1 is 1.35 bits per heavy atom. The van der Waals surface area contributed by atoms with Crippen molar-refractivity contribution in [2.45, 2.75) is 24.3 Å². The van der Waals surface area contributed by atoms with Crippen molar-refractivity contribution in [1.82, 2.24) is 13.8 Å². The predicted octanol–water partition coefficient (Wildman–Crippen LogP) is 0.200. The Morgan fingerprint density at radius 3 is 2.55 bits per heavy atom. The summed E-state index contributed by atoms with van der Waals surface area (Å²) in [7, 11) is 0.0382. The normalized spacial score (nSPS) is 17.2. The Hall–Kier alpha value is -0.890. The van der Waals surface area contributed by atoms with Crippen molar-refractivity contribution < 1.29 is 8.42 Å². The van der Waals surface area contributed by atoms with Crippen molar-refractivity contribution in [3.05, 3.63) is 18.0 Å². The second-order valence-electron chi connectivity index (χ2n) is 5.36. The van der Waals surface area contributed by atoms with Gasteiger partial charge in [-0.3, -0.25) is 0 Å². The van der Waals surface area contributed by atoms with E-state index in [1.807, 2.05) is 7.05 Å². The summed E-state index contributed by atoms with van der Waals surface area (Å²) < 4.78 is 28.1. The third kappa shape index (κ3) is 3.22. The number of likely N-dealkylation sites (N-methyl/N-ethyl adjacent to an activating group) is 1. The largest absolute Gasteiger partial charge is 0.352 e. The lowest BCUT2D eigenvalue weighted by Gasteiger charge is -2.20. The highest BCUT2D eigenvalue weighted by molar-refractivity contribution is 7.89. The first-order valence-corrected chi connectivity index (χ1v) is 8.43. The monoisotopic (exact) mass is 300 g/mol. The molecule has 1 aliphatic rings. The third-order valence-electron chi connectivity index (χ3n) is 3.93. The highest BCUT2D eigenvalue weighted by Crippen LogP contribution is 2.17. The van der Waals surface area contributed by atoms with Crippen LogP contribution in [0.25, 0.3) is 0 Å². The van der Waals surface area contributed by atoms with E-state index in [2.05, 4.69) is 4.90 Å². The van der Waals surface area contributed by atoms with Crippen LogP contribution in [-0.2, 0) is 23.6 Å². The summed E-state index contributed by atoms with van der Waals surface area (Å²) in [6, 6.07) is 1.65. The Morgan fingerprint density at radius 2 is 2.00 bits per heavy atom. The molecule has 7 heteroatoms. The van der Waals surface area contributed by atoms with Crippen molar-refractivity contribution in [3.63, 3.8) is 0 Å². The molecule has 0 unspecified atom stereocenters. The molecule has 1 fully saturated rings. The number of rotatable bonds is 6. The van der Waals surface area contributed by atoms with Crippen molar-refractivity contribution in [3.8, 4) is 0 Å². The van der Waals surface area contributed by atoms with Crippen LogP contribution in [0.3, 0.4) is 0 Å². The van der Waals surface area contributed by atoms with Crippen LogP contribution in [0, 0.1) is 0 Å². The first-order valence-electron chi connectivity index (χ1n) is 6.99. The van der Waals surface area contributed by atoms with Gasteiger partial charge < -0.3 is 15.2 Å². The Bertz CT molecular complexity index is 547. The molecule has 2 heterocycles. The van der Waals surface area contributed by atoms with Crippen LogP contribution in [0.4, 0.5) is 0 Å². The molecular weight excluding hydrogens is 276 g/mol. The van der Waals surface area contributed by atoms with Gasteiger partial charge in [0, 0.05) is 45.6 Å². The molecule has 0 atom stereocenters. The topological polar surface area (TPSA) is 71.6 Å². The molecule has 0 saturated carbocycles. The lowest BCUT2D eigenvalue weighted by atomic mass is 10.4. The molecule has 0 amide bonds. The molecule has 1 aliphatic heterocycles. The van der Waals surface area contributed by atoms with E-state index in [1.165, 1.54) is 17.1 Å². The summed E-state index contributed by atoms with van der Waals surface area (Å²) in [5, 5.41) is 0. The fraction of sp³-hybridized carbons (Fsp3) is 0.692. The Kier molecular flexibility index (Phi) is 4.85. The third-order valence-corrected chi connectivity index (χ3v) is 5.75. The summed E-state index contributed by atoms with van der Waals surface area (Å²) in [6.07, 6.45) is 4.06. The number of nitrogens with zero attached hydrogens (tertiary/aromatic N) is 3. The second kappa shape index (κ2) is 6.26. The number of aromatic nitrogens is 1. The van der Waals surface area contributed by atoms with E-state index in [9.17, 15) is 8.42 Å². The number of hydrogen-bond acceptors (Lipinski definition) is 4. The fourth-order valence-corrected chi connectivity index (χ4v) is 3.77. The van der Waals surface area contributed by atoms with Gasteiger partial charge >= 0.3 is 0 Å². The van der Waals surface area contributed by atoms with Crippen LogP contribution in [0.5, 0.6) is 0 Å². The van der Waals surface area contributed by atoms with E-state index in [0.29, 0.717) is 18.0 Å². The van der Waals surface area contributed by atoms with Gasteiger partial charge in [-0.15, -0.1) is 0 Å². The van der Waals surface area contributed by atoms with Crippen molar-refractivity contribution >= 4 is 10.0 Å². The molecule has 1 aromatic heterocycles. The molecule has 0 bridgehead atoms. The van der Waals surface area contributed by atoms with E-state index >= 15 is 0 Å². The molecule has 2 N–H and O–H groups in total. The summed E-state index contributed by atoms with van der Waals surface area (Å²) in [5.41, 5.74) is 6.41. The van der Waals surface area contributed by atoms with Crippen LogP contribution >= 0.6 is 0 Å². The summed E-state index contributed by atoms with van der Waals surface area (Å²) in [5.74, 6) is 0. The predicted molar refractivity (Wildman–Crippen MR) is 78.8 cm³/mol. The van der Waals surface area contributed by atoms with E-state index in [4.69, 9.17) is 5.73 Å². The van der Waals surface area contributed by atoms with Gasteiger partial charge in [-0.25, -0.2) is 8.42 Å². The fourth-order valence-electron chi connectivity index (χ4n) is 2.51. The average molecular weight is 300 g/mol. The highest BCUT2D eigenvalue weighted by Gasteiger charge is 2.23. The zero-order valence-corrected chi connectivity index (χ0v) is 13.1. The molecule has 0 aromatic carbocycles. The van der Waals surface area contributed by atoms with Crippen LogP contribution in [0.2, 0.25) is 0 Å². The smallest absolute Gasteiger partial charge is 0.244 e. The number of hydrogen-bond donors (Lipinski definition) is 1. The molecule has 0 aliphatic carbocycles. The van der Waals surface area contributed by atoms with Crippen LogP contribution in [0.1, 0.15) is 18.5 Å². The van der Waals surface area contributed by atoms with Crippen molar-refractivity contribution in [2.75, 3.05) is 33.2 Å². The first-order chi connectivity index (χ1) is 9.45. The number of likely N-dealkylation sites (tertiary alicyclic amines) is 1. The van der Waals surface area contributed by atoms with E-state index < -0.39 is 10.0 Å².